The third-order valence-corrected chi connectivity index (χ3v) is 6.20. The van der Waals surface area contributed by atoms with Crippen LogP contribution >= 0.6 is 11.6 Å². The summed E-state index contributed by atoms with van der Waals surface area (Å²) >= 11 is 6.08. The lowest BCUT2D eigenvalue weighted by Gasteiger charge is -2.19. The lowest BCUT2D eigenvalue weighted by atomic mass is 9.96. The molecule has 0 saturated carbocycles. The van der Waals surface area contributed by atoms with E-state index in [4.69, 9.17) is 25.8 Å². The van der Waals surface area contributed by atoms with E-state index in [-0.39, 0.29) is 11.3 Å². The minimum atomic E-state index is -1.19. The first-order chi connectivity index (χ1) is 17.7. The molecule has 0 radical (unpaired) electrons. The number of rotatable bonds is 7. The van der Waals surface area contributed by atoms with Crippen LogP contribution in [0.4, 0.5) is 5.69 Å². The van der Waals surface area contributed by atoms with E-state index in [1.54, 1.807) is 66.7 Å². The van der Waals surface area contributed by atoms with Gasteiger partial charge in [0.1, 0.15) is 17.2 Å². The van der Waals surface area contributed by atoms with Gasteiger partial charge in [-0.3, -0.25) is 9.59 Å². The molecule has 0 saturated heterocycles. The molecule has 1 unspecified atom stereocenters. The fourth-order valence-electron chi connectivity index (χ4n) is 4.03. The Balaban J connectivity index is 1.71. The number of carbonyl (C=O) groups excluding carboxylic acids is 2. The average Bonchev–Trinajstić information content (AvgIpc) is 2.90. The molecule has 37 heavy (non-hydrogen) atoms. The van der Waals surface area contributed by atoms with Crippen molar-refractivity contribution in [1.29, 1.82) is 0 Å². The number of hydrogen-bond acceptors (Lipinski definition) is 6. The summed E-state index contributed by atoms with van der Waals surface area (Å²) in [5.41, 5.74) is 1.18. The summed E-state index contributed by atoms with van der Waals surface area (Å²) in [6, 6.07) is 18.9. The summed E-state index contributed by atoms with van der Waals surface area (Å²) in [5, 5.41) is 4.25. The Morgan fingerprint density at radius 2 is 1.62 bits per heavy atom. The number of anilines is 1. The highest BCUT2D eigenvalue weighted by Gasteiger charge is 2.27. The van der Waals surface area contributed by atoms with Crippen molar-refractivity contribution < 1.29 is 23.8 Å². The van der Waals surface area contributed by atoms with E-state index in [0.29, 0.717) is 44.1 Å². The normalized spacial score (nSPS) is 11.6. The zero-order valence-corrected chi connectivity index (χ0v) is 21.5. The topological polar surface area (TPSA) is 95.9 Å². The molecule has 1 atom stereocenters. The maximum atomic E-state index is 13.5. The third kappa shape index (κ3) is 5.15. The monoisotopic (exact) mass is 520 g/mol. The lowest BCUT2D eigenvalue weighted by molar-refractivity contribution is -0.123. The number of ether oxygens (including phenoxy) is 3. The first-order valence-corrected chi connectivity index (χ1v) is 11.7. The number of benzene rings is 3. The molecule has 0 fully saturated rings. The molecule has 1 heterocycles. The molecule has 9 heteroatoms. The van der Waals surface area contributed by atoms with E-state index in [9.17, 15) is 14.4 Å². The molecule has 190 valence electrons. The van der Waals surface area contributed by atoms with Crippen molar-refractivity contribution >= 4 is 39.9 Å². The summed E-state index contributed by atoms with van der Waals surface area (Å²) in [7, 11) is 4.47. The molecule has 8 nitrogen and oxygen atoms in total. The second-order valence-electron chi connectivity index (χ2n) is 8.24. The molecule has 4 rings (SSSR count). The number of esters is 1. The number of nitrogens with one attached hydrogen (secondary N) is 1. The Morgan fingerprint density at radius 1 is 0.946 bits per heavy atom. The number of hydrogen-bond donors (Lipinski definition) is 1. The van der Waals surface area contributed by atoms with Crippen molar-refractivity contribution in [1.82, 2.24) is 4.57 Å². The van der Waals surface area contributed by atoms with E-state index in [1.807, 2.05) is 0 Å². The van der Waals surface area contributed by atoms with Crippen LogP contribution in [0.25, 0.3) is 21.9 Å². The maximum Gasteiger partial charge on any atom is 0.356 e. The van der Waals surface area contributed by atoms with Crippen molar-refractivity contribution in [2.75, 3.05) is 19.5 Å². The average molecular weight is 521 g/mol. The van der Waals surface area contributed by atoms with Crippen LogP contribution in [0.3, 0.4) is 0 Å². The molecule has 0 aliphatic carbocycles. The van der Waals surface area contributed by atoms with E-state index in [1.165, 1.54) is 32.8 Å². The molecule has 4 aromatic rings. The molecule has 0 aliphatic heterocycles. The van der Waals surface area contributed by atoms with Gasteiger partial charge < -0.3 is 24.1 Å². The number of halogens is 1. The maximum absolute atomic E-state index is 13.5. The largest absolute Gasteiger partial charge is 0.497 e. The number of pyridine rings is 1. The number of nitrogens with zero attached hydrogens (tertiary/aromatic N) is 1. The van der Waals surface area contributed by atoms with Gasteiger partial charge in [0.05, 0.1) is 19.9 Å². The van der Waals surface area contributed by atoms with Crippen LogP contribution < -0.4 is 20.3 Å². The standard InChI is InChI=1S/C28H25ClN2O6/c1-16(26(32)30-22-15-19(35-3)13-14-23(22)36-4)37-28(34)25-24(17-9-11-18(29)12-10-17)20-7-5-6-8-21(20)27(33)31(25)2/h5-16H,1-4H3,(H,30,32). The lowest BCUT2D eigenvalue weighted by Crippen LogP contribution is -2.33. The Morgan fingerprint density at radius 3 is 2.27 bits per heavy atom. The van der Waals surface area contributed by atoms with Gasteiger partial charge in [-0.05, 0) is 48.2 Å². The summed E-state index contributed by atoms with van der Waals surface area (Å²) in [6.07, 6.45) is -1.19. The summed E-state index contributed by atoms with van der Waals surface area (Å²) in [6.45, 7) is 1.45. The van der Waals surface area contributed by atoms with Crippen LogP contribution in [0.5, 0.6) is 11.5 Å². The third-order valence-electron chi connectivity index (χ3n) is 5.95. The quantitative estimate of drug-likeness (QED) is 0.342. The van der Waals surface area contributed by atoms with Gasteiger partial charge in [-0.25, -0.2) is 4.79 Å². The van der Waals surface area contributed by atoms with Gasteiger partial charge in [0.15, 0.2) is 6.10 Å². The highest BCUT2D eigenvalue weighted by molar-refractivity contribution is 6.30. The van der Waals surface area contributed by atoms with E-state index in [2.05, 4.69) is 5.32 Å². The van der Waals surface area contributed by atoms with E-state index in [0.717, 1.165) is 0 Å². The predicted octanol–water partition coefficient (Wildman–Crippen LogP) is 5.06. The second-order valence-corrected chi connectivity index (χ2v) is 8.68. The summed E-state index contributed by atoms with van der Waals surface area (Å²) in [4.78, 5) is 39.5. The van der Waals surface area contributed by atoms with Gasteiger partial charge in [0.25, 0.3) is 11.5 Å². The molecular weight excluding hydrogens is 496 g/mol. The molecule has 0 aliphatic rings. The van der Waals surface area contributed by atoms with E-state index < -0.39 is 18.0 Å². The van der Waals surface area contributed by atoms with Gasteiger partial charge >= 0.3 is 5.97 Å². The molecule has 0 spiro atoms. The van der Waals surface area contributed by atoms with Crippen molar-refractivity contribution in [3.8, 4) is 22.6 Å². The van der Waals surface area contributed by atoms with Crippen LogP contribution in [0, 0.1) is 0 Å². The first-order valence-electron chi connectivity index (χ1n) is 11.4. The van der Waals surface area contributed by atoms with Crippen LogP contribution in [0.2, 0.25) is 5.02 Å². The number of methoxy groups -OCH3 is 2. The molecule has 1 N–H and O–H groups in total. The Hall–Kier alpha value is -4.30. The van der Waals surface area contributed by atoms with Gasteiger partial charge in [0, 0.05) is 29.1 Å². The smallest absolute Gasteiger partial charge is 0.356 e. The predicted molar refractivity (Wildman–Crippen MR) is 143 cm³/mol. The first kappa shape index (κ1) is 25.8. The number of aromatic nitrogens is 1. The van der Waals surface area contributed by atoms with Crippen LogP contribution in [-0.4, -0.2) is 36.8 Å². The summed E-state index contributed by atoms with van der Waals surface area (Å²) < 4.78 is 17.3. The van der Waals surface area contributed by atoms with Crippen molar-refractivity contribution in [3.63, 3.8) is 0 Å². The Labute approximate surface area is 218 Å². The molecular formula is C28H25ClN2O6. The number of amides is 1. The van der Waals surface area contributed by atoms with Crippen molar-refractivity contribution in [2.45, 2.75) is 13.0 Å². The second kappa shape index (κ2) is 10.8. The highest BCUT2D eigenvalue weighted by Crippen LogP contribution is 2.32. The molecule has 0 bridgehead atoms. The molecule has 1 aromatic heterocycles. The van der Waals surface area contributed by atoms with Crippen LogP contribution in [-0.2, 0) is 16.6 Å². The highest BCUT2D eigenvalue weighted by atomic mass is 35.5. The Kier molecular flexibility index (Phi) is 7.50. The van der Waals surface area contributed by atoms with Gasteiger partial charge in [0.2, 0.25) is 0 Å². The number of fused-ring (bicyclic) bond motifs is 1. The summed E-state index contributed by atoms with van der Waals surface area (Å²) in [5.74, 6) is -0.483. The van der Waals surface area contributed by atoms with Gasteiger partial charge in [-0.15, -0.1) is 0 Å². The van der Waals surface area contributed by atoms with Gasteiger partial charge in [-0.1, -0.05) is 41.9 Å². The Bertz CT molecular complexity index is 1550. The van der Waals surface area contributed by atoms with Crippen molar-refractivity contribution in [3.05, 3.63) is 87.8 Å². The SMILES string of the molecule is COc1ccc(OC)c(NC(=O)C(C)OC(=O)c2c(-c3ccc(Cl)cc3)c3ccccc3c(=O)n2C)c1. The van der Waals surface area contributed by atoms with Gasteiger partial charge in [-0.2, -0.15) is 0 Å². The molecule has 1 amide bonds. The van der Waals surface area contributed by atoms with E-state index >= 15 is 0 Å². The zero-order valence-electron chi connectivity index (χ0n) is 20.7. The fourth-order valence-corrected chi connectivity index (χ4v) is 4.15. The van der Waals surface area contributed by atoms with Crippen LogP contribution in [0.1, 0.15) is 17.4 Å². The van der Waals surface area contributed by atoms with Crippen LogP contribution in [0.15, 0.2) is 71.5 Å². The minimum absolute atomic E-state index is 0.0182. The fraction of sp³-hybridized carbons (Fsp3) is 0.179. The molecule has 3 aromatic carbocycles. The van der Waals surface area contributed by atoms with Crippen molar-refractivity contribution in [2.24, 2.45) is 7.05 Å². The minimum Gasteiger partial charge on any atom is -0.497 e. The number of carbonyl (C=O) groups is 2. The zero-order chi connectivity index (χ0) is 26.7.